The monoisotopic (exact) mass is 296 g/mol. The summed E-state index contributed by atoms with van der Waals surface area (Å²) in [5.74, 6) is 1.29. The zero-order valence-electron chi connectivity index (χ0n) is 8.87. The quantitative estimate of drug-likeness (QED) is 0.925. The molecular formula is C12H13BrN2S. The first-order valence-electron chi connectivity index (χ1n) is 5.35. The van der Waals surface area contributed by atoms with Crippen molar-refractivity contribution in [1.82, 2.24) is 0 Å². The van der Waals surface area contributed by atoms with Gasteiger partial charge in [0.15, 0.2) is 0 Å². The molecule has 1 aromatic rings. The third kappa shape index (κ3) is 2.93. The van der Waals surface area contributed by atoms with Crippen LogP contribution in [0.1, 0.15) is 18.4 Å². The van der Waals surface area contributed by atoms with Crippen molar-refractivity contribution >= 4 is 33.4 Å². The van der Waals surface area contributed by atoms with Gasteiger partial charge < -0.3 is 5.32 Å². The number of benzene rings is 1. The first kappa shape index (κ1) is 11.8. The second-order valence-electron chi connectivity index (χ2n) is 3.82. The molecule has 0 aromatic heterocycles. The number of thioether (sulfide) groups is 1. The minimum absolute atomic E-state index is 0.688. The van der Waals surface area contributed by atoms with Gasteiger partial charge >= 0.3 is 0 Å². The fourth-order valence-corrected chi connectivity index (χ4v) is 3.48. The van der Waals surface area contributed by atoms with Crippen LogP contribution in [-0.4, -0.2) is 17.5 Å². The number of halogens is 1. The fraction of sp³-hybridized carbons (Fsp3) is 0.417. The zero-order chi connectivity index (χ0) is 11.4. The molecule has 1 aliphatic heterocycles. The van der Waals surface area contributed by atoms with Gasteiger partial charge in [-0.15, -0.1) is 0 Å². The normalized spacial score (nSPS) is 19.4. The molecule has 1 aromatic carbocycles. The van der Waals surface area contributed by atoms with Gasteiger partial charge in [-0.2, -0.15) is 17.0 Å². The van der Waals surface area contributed by atoms with E-state index in [0.29, 0.717) is 5.56 Å². The van der Waals surface area contributed by atoms with Crippen molar-refractivity contribution in [1.29, 1.82) is 5.26 Å². The Balaban J connectivity index is 1.96. The van der Waals surface area contributed by atoms with E-state index in [9.17, 15) is 0 Å². The minimum atomic E-state index is 0.688. The number of hydrogen-bond acceptors (Lipinski definition) is 3. The highest BCUT2D eigenvalue weighted by molar-refractivity contribution is 9.10. The number of nitrogens with one attached hydrogen (secondary N) is 1. The zero-order valence-corrected chi connectivity index (χ0v) is 11.3. The molecule has 84 valence electrons. The Labute approximate surface area is 109 Å². The Morgan fingerprint density at radius 1 is 1.56 bits per heavy atom. The van der Waals surface area contributed by atoms with E-state index in [-0.39, 0.29) is 0 Å². The molecule has 1 N–H and O–H groups in total. The Bertz CT molecular complexity index is 408. The highest BCUT2D eigenvalue weighted by Gasteiger charge is 2.15. The van der Waals surface area contributed by atoms with Crippen LogP contribution in [0.15, 0.2) is 22.7 Å². The molecule has 0 spiro atoms. The Hall–Kier alpha value is -0.660. The van der Waals surface area contributed by atoms with E-state index in [1.807, 2.05) is 30.0 Å². The molecule has 0 aliphatic carbocycles. The lowest BCUT2D eigenvalue weighted by Crippen LogP contribution is -2.13. The predicted molar refractivity (Wildman–Crippen MR) is 72.8 cm³/mol. The Morgan fingerprint density at radius 2 is 2.44 bits per heavy atom. The molecule has 0 saturated carbocycles. The molecule has 0 amide bonds. The topological polar surface area (TPSA) is 35.8 Å². The molecule has 1 fully saturated rings. The van der Waals surface area contributed by atoms with Crippen LogP contribution in [0, 0.1) is 11.3 Å². The smallest absolute Gasteiger partial charge is 0.0992 e. The highest BCUT2D eigenvalue weighted by atomic mass is 79.9. The third-order valence-corrected chi connectivity index (χ3v) is 4.70. The standard InChI is InChI=1S/C12H13BrN2S/c13-11-6-9(7-14)3-4-12(11)15-8-10-2-1-5-16-10/h3-4,6,10,15H,1-2,5,8H2. The average Bonchev–Trinajstić information content (AvgIpc) is 2.80. The van der Waals surface area contributed by atoms with Crippen LogP contribution in [0.4, 0.5) is 5.69 Å². The van der Waals surface area contributed by atoms with Gasteiger partial charge in [-0.3, -0.25) is 0 Å². The summed E-state index contributed by atoms with van der Waals surface area (Å²) < 4.78 is 0.967. The predicted octanol–water partition coefficient (Wildman–Crippen LogP) is 3.63. The van der Waals surface area contributed by atoms with Crippen molar-refractivity contribution < 1.29 is 0 Å². The fourth-order valence-electron chi connectivity index (χ4n) is 1.76. The molecule has 1 saturated heterocycles. The summed E-state index contributed by atoms with van der Waals surface area (Å²) in [7, 11) is 0. The number of nitriles is 1. The summed E-state index contributed by atoms with van der Waals surface area (Å²) >= 11 is 5.52. The van der Waals surface area contributed by atoms with Crippen LogP contribution < -0.4 is 5.32 Å². The van der Waals surface area contributed by atoms with E-state index in [1.54, 1.807) is 0 Å². The van der Waals surface area contributed by atoms with Crippen molar-refractivity contribution in [3.8, 4) is 6.07 Å². The van der Waals surface area contributed by atoms with Crippen molar-refractivity contribution in [2.24, 2.45) is 0 Å². The Kier molecular flexibility index (Phi) is 4.14. The number of anilines is 1. The lowest BCUT2D eigenvalue weighted by molar-refractivity contribution is 0.805. The first-order chi connectivity index (χ1) is 7.79. The van der Waals surface area contributed by atoms with Gasteiger partial charge in [-0.25, -0.2) is 0 Å². The molecule has 2 rings (SSSR count). The van der Waals surface area contributed by atoms with Gasteiger partial charge in [0.1, 0.15) is 0 Å². The number of nitrogens with zero attached hydrogens (tertiary/aromatic N) is 1. The molecular weight excluding hydrogens is 284 g/mol. The van der Waals surface area contributed by atoms with Crippen molar-refractivity contribution in [2.45, 2.75) is 18.1 Å². The second kappa shape index (κ2) is 5.60. The van der Waals surface area contributed by atoms with Gasteiger partial charge in [0.25, 0.3) is 0 Å². The van der Waals surface area contributed by atoms with E-state index in [2.05, 4.69) is 27.3 Å². The maximum atomic E-state index is 8.76. The van der Waals surface area contributed by atoms with Crippen LogP contribution in [0.3, 0.4) is 0 Å². The van der Waals surface area contributed by atoms with Gasteiger partial charge in [-0.1, -0.05) is 0 Å². The summed E-state index contributed by atoms with van der Waals surface area (Å²) in [6.07, 6.45) is 2.65. The maximum Gasteiger partial charge on any atom is 0.0992 e. The molecule has 4 heteroatoms. The largest absolute Gasteiger partial charge is 0.383 e. The summed E-state index contributed by atoms with van der Waals surface area (Å²) in [6.45, 7) is 1.01. The van der Waals surface area contributed by atoms with Gasteiger partial charge in [0.05, 0.1) is 11.6 Å². The van der Waals surface area contributed by atoms with Crippen molar-refractivity contribution in [3.63, 3.8) is 0 Å². The molecule has 1 atom stereocenters. The van der Waals surface area contributed by atoms with Gasteiger partial charge in [-0.05, 0) is 52.7 Å². The van der Waals surface area contributed by atoms with Gasteiger partial charge in [0, 0.05) is 22.0 Å². The molecule has 1 aliphatic rings. The summed E-state index contributed by atoms with van der Waals surface area (Å²) in [6, 6.07) is 7.78. The first-order valence-corrected chi connectivity index (χ1v) is 7.19. The summed E-state index contributed by atoms with van der Waals surface area (Å²) in [5, 5.41) is 12.9. The van der Waals surface area contributed by atoms with Crippen LogP contribution in [-0.2, 0) is 0 Å². The van der Waals surface area contributed by atoms with Crippen LogP contribution >= 0.6 is 27.7 Å². The van der Waals surface area contributed by atoms with Crippen LogP contribution in [0.2, 0.25) is 0 Å². The summed E-state index contributed by atoms with van der Waals surface area (Å²) in [4.78, 5) is 0. The van der Waals surface area contributed by atoms with E-state index in [4.69, 9.17) is 5.26 Å². The van der Waals surface area contributed by atoms with E-state index < -0.39 is 0 Å². The molecule has 0 radical (unpaired) electrons. The highest BCUT2D eigenvalue weighted by Crippen LogP contribution is 2.28. The lowest BCUT2D eigenvalue weighted by atomic mass is 10.2. The van der Waals surface area contributed by atoms with Crippen LogP contribution in [0.5, 0.6) is 0 Å². The molecule has 1 heterocycles. The second-order valence-corrected chi connectivity index (χ2v) is 6.08. The minimum Gasteiger partial charge on any atom is -0.383 e. The lowest BCUT2D eigenvalue weighted by Gasteiger charge is -2.12. The van der Waals surface area contributed by atoms with E-state index in [1.165, 1.54) is 18.6 Å². The third-order valence-electron chi connectivity index (χ3n) is 2.64. The molecule has 2 nitrogen and oxygen atoms in total. The Morgan fingerprint density at radius 3 is 3.06 bits per heavy atom. The average molecular weight is 297 g/mol. The number of hydrogen-bond donors (Lipinski definition) is 1. The molecule has 16 heavy (non-hydrogen) atoms. The van der Waals surface area contributed by atoms with Crippen LogP contribution in [0.25, 0.3) is 0 Å². The van der Waals surface area contributed by atoms with Gasteiger partial charge in [0.2, 0.25) is 0 Å². The van der Waals surface area contributed by atoms with E-state index >= 15 is 0 Å². The van der Waals surface area contributed by atoms with Crippen molar-refractivity contribution in [2.75, 3.05) is 17.6 Å². The van der Waals surface area contributed by atoms with Crippen molar-refractivity contribution in [3.05, 3.63) is 28.2 Å². The number of rotatable bonds is 3. The maximum absolute atomic E-state index is 8.76. The van der Waals surface area contributed by atoms with E-state index in [0.717, 1.165) is 22.0 Å². The summed E-state index contributed by atoms with van der Waals surface area (Å²) in [5.41, 5.74) is 1.76. The SMILES string of the molecule is N#Cc1ccc(NCC2CCCS2)c(Br)c1. The molecule has 0 bridgehead atoms. The molecule has 1 unspecified atom stereocenters.